The number of piperidine rings is 1. The summed E-state index contributed by atoms with van der Waals surface area (Å²) in [7, 11) is 1.88. The highest BCUT2D eigenvalue weighted by Crippen LogP contribution is 2.23. The number of carbonyl (C=O) groups excluding carboxylic acids is 1. The van der Waals surface area contributed by atoms with Crippen LogP contribution < -0.4 is 0 Å². The minimum Gasteiger partial charge on any atom is -0.481 e. The van der Waals surface area contributed by atoms with Crippen LogP contribution in [0.4, 0.5) is 4.79 Å². The Bertz CT molecular complexity index is 351. The Morgan fingerprint density at radius 1 is 1.05 bits per heavy atom. The van der Waals surface area contributed by atoms with Gasteiger partial charge < -0.3 is 14.9 Å². The van der Waals surface area contributed by atoms with Crippen LogP contribution in [-0.4, -0.2) is 53.1 Å². The van der Waals surface area contributed by atoms with E-state index in [4.69, 9.17) is 5.11 Å². The molecule has 2 fully saturated rings. The molecule has 1 atom stereocenters. The van der Waals surface area contributed by atoms with E-state index in [0.29, 0.717) is 25.6 Å². The molecule has 5 nitrogen and oxygen atoms in total. The zero-order valence-electron chi connectivity index (χ0n) is 12.4. The van der Waals surface area contributed by atoms with Crippen LogP contribution in [0.25, 0.3) is 0 Å². The van der Waals surface area contributed by atoms with Gasteiger partial charge >= 0.3 is 12.0 Å². The molecule has 114 valence electrons. The second-order valence-corrected chi connectivity index (χ2v) is 6.16. The quantitative estimate of drug-likeness (QED) is 0.792. The molecule has 2 amide bonds. The van der Waals surface area contributed by atoms with Crippen molar-refractivity contribution in [2.24, 2.45) is 5.92 Å². The third kappa shape index (κ3) is 3.64. The van der Waals surface area contributed by atoms with Gasteiger partial charge in [0.05, 0.1) is 5.92 Å². The molecule has 0 aromatic heterocycles. The van der Waals surface area contributed by atoms with E-state index in [2.05, 4.69) is 0 Å². The number of urea groups is 1. The smallest absolute Gasteiger partial charge is 0.320 e. The maximum atomic E-state index is 12.5. The fourth-order valence-electron chi connectivity index (χ4n) is 3.38. The molecule has 1 saturated heterocycles. The zero-order valence-corrected chi connectivity index (χ0v) is 12.4. The highest BCUT2D eigenvalue weighted by Gasteiger charge is 2.31. The number of carboxylic acids is 1. The van der Waals surface area contributed by atoms with Crippen LogP contribution >= 0.6 is 0 Å². The number of amides is 2. The summed E-state index contributed by atoms with van der Waals surface area (Å²) in [6.07, 6.45) is 8.57. The van der Waals surface area contributed by atoms with Crippen LogP contribution in [0.1, 0.15) is 51.4 Å². The number of aliphatic carboxylic acids is 1. The van der Waals surface area contributed by atoms with Crippen LogP contribution in [-0.2, 0) is 4.79 Å². The molecule has 1 saturated carbocycles. The number of likely N-dealkylation sites (tertiary alicyclic amines) is 1. The molecule has 0 spiro atoms. The van der Waals surface area contributed by atoms with E-state index >= 15 is 0 Å². The summed E-state index contributed by atoms with van der Waals surface area (Å²) in [5, 5.41) is 9.11. The van der Waals surface area contributed by atoms with Gasteiger partial charge in [-0.05, 0) is 25.7 Å². The van der Waals surface area contributed by atoms with Crippen molar-refractivity contribution in [3.8, 4) is 0 Å². The molecule has 0 unspecified atom stereocenters. The summed E-state index contributed by atoms with van der Waals surface area (Å²) < 4.78 is 0. The van der Waals surface area contributed by atoms with Gasteiger partial charge in [-0.25, -0.2) is 4.79 Å². The maximum Gasteiger partial charge on any atom is 0.320 e. The highest BCUT2D eigenvalue weighted by atomic mass is 16.4. The van der Waals surface area contributed by atoms with Gasteiger partial charge in [0, 0.05) is 26.2 Å². The lowest BCUT2D eigenvalue weighted by Gasteiger charge is -2.36. The van der Waals surface area contributed by atoms with Gasteiger partial charge in [0.15, 0.2) is 0 Å². The van der Waals surface area contributed by atoms with E-state index in [1.165, 1.54) is 25.7 Å². The Kier molecular flexibility index (Phi) is 5.26. The first-order chi connectivity index (χ1) is 9.59. The third-order valence-electron chi connectivity index (χ3n) is 4.72. The minimum absolute atomic E-state index is 0.0165. The maximum absolute atomic E-state index is 12.5. The van der Waals surface area contributed by atoms with Crippen LogP contribution in [0.2, 0.25) is 0 Å². The number of nitrogens with zero attached hydrogens (tertiary/aromatic N) is 2. The standard InChI is InChI=1S/C15H26N2O3/c1-16(13-8-4-2-3-5-9-13)15(20)17-10-6-7-12(11-17)14(18)19/h12-13H,2-11H2,1H3,(H,18,19)/t12-/m1/s1. The van der Waals surface area contributed by atoms with Crippen LogP contribution in [0, 0.1) is 5.92 Å². The summed E-state index contributed by atoms with van der Waals surface area (Å²) >= 11 is 0. The average molecular weight is 282 g/mol. The number of carbonyl (C=O) groups is 2. The molecule has 1 N–H and O–H groups in total. The summed E-state index contributed by atoms with van der Waals surface area (Å²) in [6, 6.07) is 0.345. The normalized spacial score (nSPS) is 25.1. The third-order valence-corrected chi connectivity index (χ3v) is 4.72. The largest absolute Gasteiger partial charge is 0.481 e. The molecule has 5 heteroatoms. The first-order valence-corrected chi connectivity index (χ1v) is 7.84. The number of rotatable bonds is 2. The summed E-state index contributed by atoms with van der Waals surface area (Å²) in [6.45, 7) is 1.06. The van der Waals surface area contributed by atoms with E-state index in [-0.39, 0.29) is 6.03 Å². The first-order valence-electron chi connectivity index (χ1n) is 7.84. The lowest BCUT2D eigenvalue weighted by atomic mass is 9.98. The van der Waals surface area contributed by atoms with Crippen LogP contribution in [0.15, 0.2) is 0 Å². The first kappa shape index (κ1) is 15.1. The molecule has 0 radical (unpaired) electrons. The summed E-state index contributed by atoms with van der Waals surface area (Å²) in [4.78, 5) is 27.2. The zero-order chi connectivity index (χ0) is 14.5. The van der Waals surface area contributed by atoms with Gasteiger partial charge in [-0.2, -0.15) is 0 Å². The Hall–Kier alpha value is -1.26. The SMILES string of the molecule is CN(C(=O)N1CCC[C@@H](C(=O)O)C1)C1CCCCCC1. The van der Waals surface area contributed by atoms with E-state index in [1.807, 2.05) is 11.9 Å². The molecule has 1 aliphatic carbocycles. The van der Waals surface area contributed by atoms with Gasteiger partial charge in [0.2, 0.25) is 0 Å². The number of carboxylic acid groups (broad SMARTS) is 1. The van der Waals surface area contributed by atoms with E-state index < -0.39 is 11.9 Å². The Balaban J connectivity index is 1.93. The predicted molar refractivity (Wildman–Crippen MR) is 76.6 cm³/mol. The van der Waals surface area contributed by atoms with Crippen molar-refractivity contribution in [2.75, 3.05) is 20.1 Å². The van der Waals surface area contributed by atoms with Crippen molar-refractivity contribution in [1.82, 2.24) is 9.80 Å². The van der Waals surface area contributed by atoms with Crippen molar-refractivity contribution < 1.29 is 14.7 Å². The van der Waals surface area contributed by atoms with E-state index in [1.54, 1.807) is 4.90 Å². The van der Waals surface area contributed by atoms with Gasteiger partial charge in [-0.15, -0.1) is 0 Å². The van der Waals surface area contributed by atoms with E-state index in [9.17, 15) is 9.59 Å². The van der Waals surface area contributed by atoms with E-state index in [0.717, 1.165) is 19.3 Å². The van der Waals surface area contributed by atoms with Gasteiger partial charge in [0.1, 0.15) is 0 Å². The van der Waals surface area contributed by atoms with Crippen molar-refractivity contribution in [1.29, 1.82) is 0 Å². The Morgan fingerprint density at radius 3 is 2.30 bits per heavy atom. The fraction of sp³-hybridized carbons (Fsp3) is 0.867. The molecule has 1 heterocycles. The lowest BCUT2D eigenvalue weighted by Crippen LogP contribution is -2.50. The highest BCUT2D eigenvalue weighted by molar-refractivity contribution is 5.76. The molecule has 1 aliphatic heterocycles. The van der Waals surface area contributed by atoms with Crippen LogP contribution in [0.5, 0.6) is 0 Å². The van der Waals surface area contributed by atoms with Crippen LogP contribution in [0.3, 0.4) is 0 Å². The fourth-order valence-corrected chi connectivity index (χ4v) is 3.38. The predicted octanol–water partition coefficient (Wildman–Crippen LogP) is 2.56. The molecule has 20 heavy (non-hydrogen) atoms. The van der Waals surface area contributed by atoms with Crippen molar-refractivity contribution >= 4 is 12.0 Å². The molecule has 0 bridgehead atoms. The van der Waals surface area contributed by atoms with Gasteiger partial charge in [-0.1, -0.05) is 25.7 Å². The Morgan fingerprint density at radius 2 is 1.70 bits per heavy atom. The second-order valence-electron chi connectivity index (χ2n) is 6.16. The molecule has 0 aromatic carbocycles. The molecular weight excluding hydrogens is 256 g/mol. The molecule has 0 aromatic rings. The second kappa shape index (κ2) is 6.95. The number of hydrogen-bond acceptors (Lipinski definition) is 2. The topological polar surface area (TPSA) is 60.9 Å². The van der Waals surface area contributed by atoms with Crippen molar-refractivity contribution in [3.63, 3.8) is 0 Å². The summed E-state index contributed by atoms with van der Waals surface area (Å²) in [5.41, 5.74) is 0. The molecular formula is C15H26N2O3. The average Bonchev–Trinajstić information content (AvgIpc) is 2.75. The lowest BCUT2D eigenvalue weighted by molar-refractivity contribution is -0.143. The van der Waals surface area contributed by atoms with Gasteiger partial charge in [-0.3, -0.25) is 4.79 Å². The number of hydrogen-bond donors (Lipinski definition) is 1. The molecule has 2 rings (SSSR count). The van der Waals surface area contributed by atoms with Crippen molar-refractivity contribution in [3.05, 3.63) is 0 Å². The minimum atomic E-state index is -0.778. The van der Waals surface area contributed by atoms with Crippen molar-refractivity contribution in [2.45, 2.75) is 57.4 Å². The monoisotopic (exact) mass is 282 g/mol. The summed E-state index contributed by atoms with van der Waals surface area (Å²) in [5.74, 6) is -1.17. The Labute approximate surface area is 120 Å². The molecule has 2 aliphatic rings. The van der Waals surface area contributed by atoms with Gasteiger partial charge in [0.25, 0.3) is 0 Å².